The van der Waals surface area contributed by atoms with Crippen LogP contribution in [0, 0.1) is 23.2 Å². The number of methoxy groups -OCH3 is 1. The number of amides is 2. The summed E-state index contributed by atoms with van der Waals surface area (Å²) in [5, 5.41) is 6.30. The van der Waals surface area contributed by atoms with Crippen LogP contribution in [0.4, 0.5) is 0 Å². The fourth-order valence-corrected chi connectivity index (χ4v) is 7.29. The predicted molar refractivity (Wildman–Crippen MR) is 156 cm³/mol. The molecule has 6 rings (SSSR count). The Morgan fingerprint density at radius 1 is 1.02 bits per heavy atom. The van der Waals surface area contributed by atoms with Gasteiger partial charge in [0.05, 0.1) is 37.2 Å². The van der Waals surface area contributed by atoms with Crippen LogP contribution >= 0.6 is 0 Å². The fraction of sp³-hybridized carbons (Fsp3) is 0.562. The molecule has 2 bridgehead atoms. The lowest BCUT2D eigenvalue weighted by atomic mass is 9.43. The number of ether oxygens (including phenoxy) is 1. The van der Waals surface area contributed by atoms with E-state index < -0.39 is 13.2 Å². The summed E-state index contributed by atoms with van der Waals surface area (Å²) in [6, 6.07) is 15.9. The van der Waals surface area contributed by atoms with Gasteiger partial charge in [-0.25, -0.2) is 0 Å². The van der Waals surface area contributed by atoms with Crippen molar-refractivity contribution in [2.45, 2.75) is 84.0 Å². The van der Waals surface area contributed by atoms with E-state index in [0.29, 0.717) is 29.1 Å². The zero-order valence-electron chi connectivity index (χ0n) is 24.6. The Bertz CT molecular complexity index is 1220. The highest BCUT2D eigenvalue weighted by molar-refractivity contribution is 6.47. The third-order valence-corrected chi connectivity index (χ3v) is 9.61. The van der Waals surface area contributed by atoms with Crippen LogP contribution in [0.2, 0.25) is 0 Å². The van der Waals surface area contributed by atoms with Gasteiger partial charge in [-0.05, 0) is 67.6 Å². The molecule has 0 spiro atoms. The monoisotopic (exact) mass is 546 g/mol. The molecule has 214 valence electrons. The van der Waals surface area contributed by atoms with Gasteiger partial charge in [-0.1, -0.05) is 64.1 Å². The summed E-state index contributed by atoms with van der Waals surface area (Å²) in [5.74, 6) is 1.35. The summed E-state index contributed by atoms with van der Waals surface area (Å²) in [4.78, 5) is 26.8. The molecule has 6 atom stereocenters. The summed E-state index contributed by atoms with van der Waals surface area (Å²) in [6.07, 6.45) is 3.01. The van der Waals surface area contributed by atoms with Gasteiger partial charge in [0.15, 0.2) is 0 Å². The van der Waals surface area contributed by atoms with Crippen molar-refractivity contribution in [3.63, 3.8) is 0 Å². The van der Waals surface area contributed by atoms with Crippen LogP contribution in [0.15, 0.2) is 54.6 Å². The fourth-order valence-electron chi connectivity index (χ4n) is 7.29. The van der Waals surface area contributed by atoms with E-state index in [1.807, 2.05) is 42.5 Å². The third kappa shape index (κ3) is 5.40. The SMILES string of the molecule is COc1ccccc1C(CC(=O)N[C@@H](CC(C)C)B1O[C@@H]2C[C@@H]3C[C@@H](C3(C)C)[C@]2(C)O1)NC(=O)c1ccccc1. The minimum atomic E-state index is -0.581. The van der Waals surface area contributed by atoms with Crippen LogP contribution in [0.3, 0.4) is 0 Å². The van der Waals surface area contributed by atoms with Gasteiger partial charge in [-0.2, -0.15) is 0 Å². The lowest BCUT2D eigenvalue weighted by Gasteiger charge is -2.64. The van der Waals surface area contributed by atoms with E-state index in [-0.39, 0.29) is 41.3 Å². The van der Waals surface area contributed by atoms with E-state index in [1.54, 1.807) is 19.2 Å². The molecule has 0 radical (unpaired) electrons. The molecule has 0 aromatic heterocycles. The van der Waals surface area contributed by atoms with Crippen molar-refractivity contribution in [1.29, 1.82) is 0 Å². The largest absolute Gasteiger partial charge is 0.496 e. The molecule has 40 heavy (non-hydrogen) atoms. The second kappa shape index (κ2) is 11.2. The maximum absolute atomic E-state index is 13.6. The number of benzene rings is 2. The molecule has 8 heteroatoms. The Morgan fingerprint density at radius 2 is 1.73 bits per heavy atom. The Morgan fingerprint density at radius 3 is 2.40 bits per heavy atom. The topological polar surface area (TPSA) is 85.9 Å². The van der Waals surface area contributed by atoms with Crippen molar-refractivity contribution < 1.29 is 23.6 Å². The van der Waals surface area contributed by atoms with E-state index in [2.05, 4.69) is 45.3 Å². The van der Waals surface area contributed by atoms with Crippen LogP contribution in [0.1, 0.15) is 82.3 Å². The first kappa shape index (κ1) is 28.7. The van der Waals surface area contributed by atoms with Crippen LogP contribution in [0.5, 0.6) is 5.75 Å². The Hall–Kier alpha value is -2.84. The van der Waals surface area contributed by atoms with Crippen LogP contribution in [-0.4, -0.2) is 43.7 Å². The highest BCUT2D eigenvalue weighted by Gasteiger charge is 2.68. The average molecular weight is 547 g/mol. The first-order valence-electron chi connectivity index (χ1n) is 14.6. The average Bonchev–Trinajstić information content (AvgIpc) is 3.29. The third-order valence-electron chi connectivity index (χ3n) is 9.61. The van der Waals surface area contributed by atoms with Crippen molar-refractivity contribution in [3.05, 3.63) is 65.7 Å². The molecule has 4 aliphatic rings. The van der Waals surface area contributed by atoms with Gasteiger partial charge < -0.3 is 24.7 Å². The molecule has 1 aliphatic heterocycles. The minimum absolute atomic E-state index is 0.0485. The van der Waals surface area contributed by atoms with E-state index in [1.165, 1.54) is 6.42 Å². The van der Waals surface area contributed by atoms with Gasteiger partial charge in [0, 0.05) is 11.1 Å². The van der Waals surface area contributed by atoms with Crippen molar-refractivity contribution >= 4 is 18.9 Å². The van der Waals surface area contributed by atoms with Crippen molar-refractivity contribution in [1.82, 2.24) is 10.6 Å². The molecule has 3 aliphatic carbocycles. The van der Waals surface area contributed by atoms with Gasteiger partial charge in [-0.3, -0.25) is 9.59 Å². The first-order chi connectivity index (χ1) is 19.0. The maximum Gasteiger partial charge on any atom is 0.481 e. The molecule has 2 N–H and O–H groups in total. The molecule has 2 amide bonds. The molecule has 4 fully saturated rings. The van der Waals surface area contributed by atoms with Crippen LogP contribution < -0.4 is 15.4 Å². The summed E-state index contributed by atoms with van der Waals surface area (Å²) < 4.78 is 18.9. The van der Waals surface area contributed by atoms with Gasteiger partial charge >= 0.3 is 7.12 Å². The number of hydrogen-bond donors (Lipinski definition) is 2. The zero-order valence-corrected chi connectivity index (χ0v) is 24.6. The van der Waals surface area contributed by atoms with E-state index in [9.17, 15) is 9.59 Å². The quantitative estimate of drug-likeness (QED) is 0.392. The minimum Gasteiger partial charge on any atom is -0.496 e. The summed E-state index contributed by atoms with van der Waals surface area (Å²) >= 11 is 0. The predicted octanol–water partition coefficient (Wildman–Crippen LogP) is 5.35. The molecule has 3 saturated carbocycles. The number of carbonyl (C=O) groups is 2. The maximum atomic E-state index is 13.6. The standard InChI is InChI=1S/C32H43BN2O5/c1-20(2)16-28(33-39-27-18-22-17-26(31(22,3)4)32(27,5)40-33)35-29(36)19-24(23-14-10-11-15-25(23)38-6)34-30(37)21-12-8-7-9-13-21/h7-15,20,22,24,26-28H,16-19H2,1-6H3,(H,34,37)(H,35,36)/t22-,24?,26-,27+,28-,32-/m0/s1. The molecule has 1 heterocycles. The first-order valence-corrected chi connectivity index (χ1v) is 14.6. The molecule has 2 aromatic rings. The summed E-state index contributed by atoms with van der Waals surface area (Å²) in [6.45, 7) is 11.2. The van der Waals surface area contributed by atoms with E-state index >= 15 is 0 Å². The second-order valence-electron chi connectivity index (χ2n) is 13.0. The normalized spacial score (nSPS) is 27.8. The number of hydrogen-bond acceptors (Lipinski definition) is 5. The Balaban J connectivity index is 1.33. The van der Waals surface area contributed by atoms with Gasteiger partial charge in [0.1, 0.15) is 5.75 Å². The number of nitrogens with one attached hydrogen (secondary N) is 2. The molecular formula is C32H43BN2O5. The van der Waals surface area contributed by atoms with Crippen molar-refractivity contribution in [2.24, 2.45) is 23.2 Å². The Labute approximate surface area is 238 Å². The summed E-state index contributed by atoms with van der Waals surface area (Å²) in [7, 11) is 1.09. The number of carbonyl (C=O) groups excluding carboxylic acids is 2. The number of para-hydroxylation sites is 1. The Kier molecular flexibility index (Phi) is 8.04. The second-order valence-corrected chi connectivity index (χ2v) is 13.0. The zero-order chi connectivity index (χ0) is 28.7. The lowest BCUT2D eigenvalue weighted by Crippen LogP contribution is -2.65. The van der Waals surface area contributed by atoms with Crippen molar-refractivity contribution in [2.75, 3.05) is 7.11 Å². The molecular weight excluding hydrogens is 503 g/mol. The smallest absolute Gasteiger partial charge is 0.481 e. The van der Waals surface area contributed by atoms with Gasteiger partial charge in [-0.15, -0.1) is 0 Å². The highest BCUT2D eigenvalue weighted by atomic mass is 16.7. The molecule has 7 nitrogen and oxygen atoms in total. The van der Waals surface area contributed by atoms with Gasteiger partial charge in [0.2, 0.25) is 5.91 Å². The molecule has 2 aromatic carbocycles. The van der Waals surface area contributed by atoms with E-state index in [0.717, 1.165) is 18.4 Å². The van der Waals surface area contributed by atoms with Crippen LogP contribution in [0.25, 0.3) is 0 Å². The van der Waals surface area contributed by atoms with E-state index in [4.69, 9.17) is 14.0 Å². The van der Waals surface area contributed by atoms with Gasteiger partial charge in [0.25, 0.3) is 5.91 Å². The molecule has 1 unspecified atom stereocenters. The number of rotatable bonds is 10. The van der Waals surface area contributed by atoms with Crippen molar-refractivity contribution in [3.8, 4) is 5.75 Å². The summed E-state index contributed by atoms with van der Waals surface area (Å²) in [5.41, 5.74) is 1.19. The lowest BCUT2D eigenvalue weighted by molar-refractivity contribution is -0.199. The van der Waals surface area contributed by atoms with Crippen LogP contribution in [-0.2, 0) is 14.1 Å². The molecule has 1 saturated heterocycles. The highest BCUT2D eigenvalue weighted by Crippen LogP contribution is 2.65.